The van der Waals surface area contributed by atoms with E-state index in [2.05, 4.69) is 4.90 Å². The van der Waals surface area contributed by atoms with Crippen LogP contribution in [-0.4, -0.2) is 32.8 Å². The van der Waals surface area contributed by atoms with Crippen LogP contribution in [0.2, 0.25) is 0 Å². The number of aliphatic hydroxyl groups is 1. The van der Waals surface area contributed by atoms with Crippen molar-refractivity contribution >= 4 is 0 Å². The molecule has 0 atom stereocenters. The first-order valence-corrected chi connectivity index (χ1v) is 8.00. The Morgan fingerprint density at radius 2 is 1.81 bits per heavy atom. The second-order valence-corrected chi connectivity index (χ2v) is 6.24. The Kier molecular flexibility index (Phi) is 4.31. The molecule has 2 fully saturated rings. The van der Waals surface area contributed by atoms with Gasteiger partial charge in [-0.15, -0.1) is 0 Å². The summed E-state index contributed by atoms with van der Waals surface area (Å²) in [5.74, 6) is -0.133. The van der Waals surface area contributed by atoms with E-state index in [0.29, 0.717) is 24.0 Å². The Bertz CT molecular complexity index is 555. The molecule has 1 saturated carbocycles. The molecule has 0 radical (unpaired) electrons. The van der Waals surface area contributed by atoms with Crippen molar-refractivity contribution in [2.75, 3.05) is 13.1 Å². The van der Waals surface area contributed by atoms with E-state index >= 15 is 0 Å². The topological polar surface area (TPSA) is 65.7 Å². The Morgan fingerprint density at radius 3 is 2.43 bits per heavy atom. The van der Waals surface area contributed by atoms with E-state index in [4.69, 9.17) is 0 Å². The fourth-order valence-corrected chi connectivity index (χ4v) is 3.76. The monoisotopic (exact) mass is 292 g/mol. The smallest absolute Gasteiger partial charge is 0.223 e. The van der Waals surface area contributed by atoms with E-state index in [1.54, 1.807) is 0 Å². The first kappa shape index (κ1) is 14.6. The summed E-state index contributed by atoms with van der Waals surface area (Å²) >= 11 is 0. The van der Waals surface area contributed by atoms with Crippen LogP contribution < -0.4 is 5.43 Å². The van der Waals surface area contributed by atoms with Gasteiger partial charge < -0.3 is 14.8 Å². The van der Waals surface area contributed by atoms with Crippen molar-refractivity contribution in [3.05, 3.63) is 27.7 Å². The number of nitrogens with zero attached hydrogens (tertiary/aromatic N) is 2. The molecule has 5 heteroatoms. The molecular weight excluding hydrogens is 268 g/mol. The molecule has 0 amide bonds. The molecule has 1 aliphatic heterocycles. The normalized spacial score (nSPS) is 20.4. The highest BCUT2D eigenvalue weighted by Gasteiger charge is 2.25. The average molecular weight is 292 g/mol. The van der Waals surface area contributed by atoms with Gasteiger partial charge in [0.15, 0.2) is 5.75 Å². The van der Waals surface area contributed by atoms with Crippen LogP contribution in [0.5, 0.6) is 5.75 Å². The molecule has 1 saturated heterocycles. The van der Waals surface area contributed by atoms with Gasteiger partial charge in [-0.25, -0.2) is 0 Å². The number of likely N-dealkylation sites (tertiary alicyclic amines) is 1. The molecular formula is C16H24N2O3. The first-order chi connectivity index (χ1) is 10.2. The van der Waals surface area contributed by atoms with E-state index < -0.39 is 0 Å². The SMILES string of the molecule is O=c1cc(CO)n(C2CCCC2)c(CN2CCCC2)c1O. The maximum Gasteiger partial charge on any atom is 0.223 e. The lowest BCUT2D eigenvalue weighted by molar-refractivity contribution is 0.253. The molecule has 2 aliphatic rings. The lowest BCUT2D eigenvalue weighted by Gasteiger charge is -2.26. The molecule has 116 valence electrons. The van der Waals surface area contributed by atoms with E-state index in [-0.39, 0.29) is 17.8 Å². The van der Waals surface area contributed by atoms with Gasteiger partial charge >= 0.3 is 0 Å². The number of pyridine rings is 1. The molecule has 0 aromatic carbocycles. The predicted molar refractivity (Wildman–Crippen MR) is 80.3 cm³/mol. The second kappa shape index (κ2) is 6.20. The summed E-state index contributed by atoms with van der Waals surface area (Å²) in [6.45, 7) is 2.48. The maximum absolute atomic E-state index is 12.0. The molecule has 1 aliphatic carbocycles. The highest BCUT2D eigenvalue weighted by Crippen LogP contribution is 2.34. The van der Waals surface area contributed by atoms with E-state index in [0.717, 1.165) is 25.9 Å². The van der Waals surface area contributed by atoms with Gasteiger partial charge in [-0.2, -0.15) is 0 Å². The molecule has 1 aromatic heterocycles. The van der Waals surface area contributed by atoms with Gasteiger partial charge in [-0.3, -0.25) is 9.69 Å². The van der Waals surface area contributed by atoms with Crippen molar-refractivity contribution in [3.8, 4) is 5.75 Å². The quantitative estimate of drug-likeness (QED) is 0.887. The number of rotatable bonds is 4. The third-order valence-corrected chi connectivity index (χ3v) is 4.83. The molecule has 5 nitrogen and oxygen atoms in total. The molecule has 2 heterocycles. The summed E-state index contributed by atoms with van der Waals surface area (Å²) in [7, 11) is 0. The van der Waals surface area contributed by atoms with E-state index in [9.17, 15) is 15.0 Å². The number of hydrogen-bond acceptors (Lipinski definition) is 4. The molecule has 2 N–H and O–H groups in total. The predicted octanol–water partition coefficient (Wildman–Crippen LogP) is 1.76. The van der Waals surface area contributed by atoms with Crippen molar-refractivity contribution in [2.45, 2.75) is 57.7 Å². The maximum atomic E-state index is 12.0. The zero-order valence-electron chi connectivity index (χ0n) is 12.4. The lowest BCUT2D eigenvalue weighted by Crippen LogP contribution is -2.27. The summed E-state index contributed by atoms with van der Waals surface area (Å²) in [5, 5.41) is 19.9. The zero-order chi connectivity index (χ0) is 14.8. The van der Waals surface area contributed by atoms with Crippen molar-refractivity contribution < 1.29 is 10.2 Å². The number of hydrogen-bond donors (Lipinski definition) is 2. The third-order valence-electron chi connectivity index (χ3n) is 4.83. The van der Waals surface area contributed by atoms with Gasteiger partial charge in [0, 0.05) is 24.3 Å². The van der Waals surface area contributed by atoms with Crippen LogP contribution in [0.1, 0.15) is 56.0 Å². The van der Waals surface area contributed by atoms with Gasteiger partial charge in [-0.05, 0) is 38.8 Å². The molecule has 21 heavy (non-hydrogen) atoms. The molecule has 0 bridgehead atoms. The van der Waals surface area contributed by atoms with Crippen LogP contribution in [0.15, 0.2) is 10.9 Å². The summed E-state index contributed by atoms with van der Waals surface area (Å²) in [4.78, 5) is 14.2. The van der Waals surface area contributed by atoms with Gasteiger partial charge in [0.2, 0.25) is 5.43 Å². The van der Waals surface area contributed by atoms with Crippen molar-refractivity contribution in [1.82, 2.24) is 9.47 Å². The first-order valence-electron chi connectivity index (χ1n) is 8.00. The summed E-state index contributed by atoms with van der Waals surface area (Å²) in [5.41, 5.74) is 0.960. The number of aromatic nitrogens is 1. The lowest BCUT2D eigenvalue weighted by atomic mass is 10.1. The van der Waals surface area contributed by atoms with Crippen molar-refractivity contribution in [1.29, 1.82) is 0 Å². The minimum absolute atomic E-state index is 0.133. The molecule has 3 rings (SSSR count). The van der Waals surface area contributed by atoms with Crippen molar-refractivity contribution in [3.63, 3.8) is 0 Å². The Morgan fingerprint density at radius 1 is 1.14 bits per heavy atom. The number of aromatic hydroxyl groups is 1. The second-order valence-electron chi connectivity index (χ2n) is 6.24. The Labute approximate surface area is 124 Å². The van der Waals surface area contributed by atoms with Gasteiger partial charge in [0.1, 0.15) is 0 Å². The van der Waals surface area contributed by atoms with Crippen LogP contribution in [0.4, 0.5) is 0 Å². The van der Waals surface area contributed by atoms with Crippen molar-refractivity contribution in [2.24, 2.45) is 0 Å². The standard InChI is InChI=1S/C16H24N2O3/c19-11-13-9-15(20)16(21)14(10-17-7-3-4-8-17)18(13)12-5-1-2-6-12/h9,12,19,21H,1-8,10-11H2. The van der Waals surface area contributed by atoms with Crippen LogP contribution in [0.3, 0.4) is 0 Å². The minimum Gasteiger partial charge on any atom is -0.503 e. The Hall–Kier alpha value is -1.33. The van der Waals surface area contributed by atoms with Crippen LogP contribution >= 0.6 is 0 Å². The number of aliphatic hydroxyl groups excluding tert-OH is 1. The average Bonchev–Trinajstić information content (AvgIpc) is 3.16. The highest BCUT2D eigenvalue weighted by molar-refractivity contribution is 5.31. The molecule has 0 unspecified atom stereocenters. The molecule has 1 aromatic rings. The fourth-order valence-electron chi connectivity index (χ4n) is 3.76. The third kappa shape index (κ3) is 2.85. The van der Waals surface area contributed by atoms with Crippen LogP contribution in [0, 0.1) is 0 Å². The molecule has 0 spiro atoms. The highest BCUT2D eigenvalue weighted by atomic mass is 16.3. The van der Waals surface area contributed by atoms with Gasteiger partial charge in [0.05, 0.1) is 12.3 Å². The largest absolute Gasteiger partial charge is 0.503 e. The van der Waals surface area contributed by atoms with Gasteiger partial charge in [0.25, 0.3) is 0 Å². The summed E-state index contributed by atoms with van der Waals surface area (Å²) in [6.07, 6.45) is 6.81. The van der Waals surface area contributed by atoms with E-state index in [1.165, 1.54) is 31.7 Å². The summed E-state index contributed by atoms with van der Waals surface area (Å²) < 4.78 is 2.04. The van der Waals surface area contributed by atoms with Gasteiger partial charge in [-0.1, -0.05) is 12.8 Å². The zero-order valence-corrected chi connectivity index (χ0v) is 12.4. The van der Waals surface area contributed by atoms with Crippen LogP contribution in [0.25, 0.3) is 0 Å². The van der Waals surface area contributed by atoms with E-state index in [1.807, 2.05) is 4.57 Å². The Balaban J connectivity index is 2.04. The minimum atomic E-state index is -0.373. The van der Waals surface area contributed by atoms with Crippen LogP contribution in [-0.2, 0) is 13.2 Å². The fraction of sp³-hybridized carbons (Fsp3) is 0.688. The summed E-state index contributed by atoms with van der Waals surface area (Å²) in [6, 6.07) is 1.69.